The lowest BCUT2D eigenvalue weighted by atomic mass is 10.2. The van der Waals surface area contributed by atoms with Crippen molar-refractivity contribution in [3.63, 3.8) is 0 Å². The summed E-state index contributed by atoms with van der Waals surface area (Å²) in [5.74, 6) is 1.32. The Morgan fingerprint density at radius 3 is 1.78 bits per heavy atom. The summed E-state index contributed by atoms with van der Waals surface area (Å²) in [6.45, 7) is 11.9. The Bertz CT molecular complexity index is 92.7. The van der Waals surface area contributed by atoms with Crippen LogP contribution in [-0.2, 0) is 4.74 Å². The van der Waals surface area contributed by atoms with Gasteiger partial charge in [0.15, 0.2) is 0 Å². The number of rotatable bonds is 3. The smallest absolute Gasteiger partial charge is 0.0926 e. The highest BCUT2D eigenvalue weighted by Crippen LogP contribution is 2.09. The monoisotopic (exact) mass is 128 g/mol. The van der Waals surface area contributed by atoms with Gasteiger partial charge in [0.05, 0.1) is 11.9 Å². The van der Waals surface area contributed by atoms with Crippen LogP contribution in [0.3, 0.4) is 0 Å². The van der Waals surface area contributed by atoms with E-state index in [4.69, 9.17) is 4.74 Å². The molecular weight excluding hydrogens is 112 g/mol. The maximum Gasteiger partial charge on any atom is 0.0926 e. The van der Waals surface area contributed by atoms with E-state index in [0.29, 0.717) is 5.92 Å². The molecule has 0 aliphatic rings. The predicted octanol–water partition coefficient (Wildman–Crippen LogP) is 2.58. The normalized spacial score (nSPS) is 10.4. The van der Waals surface area contributed by atoms with E-state index in [0.717, 1.165) is 5.76 Å². The van der Waals surface area contributed by atoms with Gasteiger partial charge in [-0.1, -0.05) is 20.4 Å². The van der Waals surface area contributed by atoms with Crippen LogP contribution in [0.1, 0.15) is 27.7 Å². The van der Waals surface area contributed by atoms with E-state index in [1.807, 2.05) is 13.8 Å². The van der Waals surface area contributed by atoms with E-state index < -0.39 is 0 Å². The average molecular weight is 128 g/mol. The van der Waals surface area contributed by atoms with E-state index >= 15 is 0 Å². The molecule has 0 saturated carbocycles. The molecule has 0 atom stereocenters. The molecule has 0 aromatic carbocycles. The average Bonchev–Trinajstić information content (AvgIpc) is 1.63. The summed E-state index contributed by atoms with van der Waals surface area (Å²) in [7, 11) is 0. The quantitative estimate of drug-likeness (QED) is 0.531. The first-order valence-corrected chi connectivity index (χ1v) is 3.39. The topological polar surface area (TPSA) is 9.23 Å². The van der Waals surface area contributed by atoms with Crippen molar-refractivity contribution in [2.24, 2.45) is 5.92 Å². The van der Waals surface area contributed by atoms with E-state index in [2.05, 4.69) is 20.4 Å². The lowest BCUT2D eigenvalue weighted by Crippen LogP contribution is -2.05. The second-order valence-electron chi connectivity index (χ2n) is 2.79. The first-order chi connectivity index (χ1) is 4.04. The zero-order valence-electron chi connectivity index (χ0n) is 6.77. The summed E-state index contributed by atoms with van der Waals surface area (Å²) in [4.78, 5) is 0. The van der Waals surface area contributed by atoms with Gasteiger partial charge in [-0.2, -0.15) is 0 Å². The van der Waals surface area contributed by atoms with Crippen LogP contribution in [0, 0.1) is 5.92 Å². The first-order valence-electron chi connectivity index (χ1n) is 3.39. The van der Waals surface area contributed by atoms with Crippen LogP contribution in [0.15, 0.2) is 12.3 Å². The SMILES string of the molecule is C=C(OC(C)C)C(C)C. The molecule has 0 spiro atoms. The fourth-order valence-corrected chi connectivity index (χ4v) is 0.439. The second-order valence-corrected chi connectivity index (χ2v) is 2.79. The molecule has 0 rings (SSSR count). The lowest BCUT2D eigenvalue weighted by Gasteiger charge is -2.14. The number of ether oxygens (including phenoxy) is 1. The highest BCUT2D eigenvalue weighted by Gasteiger charge is 2.01. The van der Waals surface area contributed by atoms with Gasteiger partial charge in [-0.25, -0.2) is 0 Å². The Balaban J connectivity index is 3.51. The van der Waals surface area contributed by atoms with Crippen LogP contribution < -0.4 is 0 Å². The Morgan fingerprint density at radius 1 is 1.22 bits per heavy atom. The zero-order chi connectivity index (χ0) is 7.44. The molecule has 0 bridgehead atoms. The molecule has 0 saturated heterocycles. The predicted molar refractivity (Wildman–Crippen MR) is 40.2 cm³/mol. The van der Waals surface area contributed by atoms with Gasteiger partial charge in [0.1, 0.15) is 0 Å². The van der Waals surface area contributed by atoms with Gasteiger partial charge in [-0.05, 0) is 13.8 Å². The molecule has 0 unspecified atom stereocenters. The molecule has 0 amide bonds. The summed E-state index contributed by atoms with van der Waals surface area (Å²) in [6.07, 6.45) is 0.264. The Hall–Kier alpha value is -0.460. The standard InChI is InChI=1S/C8H16O/c1-6(2)8(5)9-7(3)4/h6-7H,5H2,1-4H3. The Labute approximate surface area is 57.7 Å². The van der Waals surface area contributed by atoms with Crippen molar-refractivity contribution in [1.29, 1.82) is 0 Å². The van der Waals surface area contributed by atoms with E-state index in [-0.39, 0.29) is 6.10 Å². The first kappa shape index (κ1) is 8.54. The van der Waals surface area contributed by atoms with Gasteiger partial charge in [0.2, 0.25) is 0 Å². The largest absolute Gasteiger partial charge is 0.496 e. The van der Waals surface area contributed by atoms with Gasteiger partial charge in [-0.3, -0.25) is 0 Å². The highest BCUT2D eigenvalue weighted by atomic mass is 16.5. The molecule has 1 nitrogen and oxygen atoms in total. The Kier molecular flexibility index (Phi) is 3.36. The van der Waals surface area contributed by atoms with Crippen LogP contribution in [0.2, 0.25) is 0 Å². The van der Waals surface area contributed by atoms with Crippen LogP contribution in [0.5, 0.6) is 0 Å². The molecule has 1 heteroatoms. The fourth-order valence-electron chi connectivity index (χ4n) is 0.439. The van der Waals surface area contributed by atoms with Gasteiger partial charge < -0.3 is 4.74 Å². The minimum Gasteiger partial charge on any atom is -0.496 e. The van der Waals surface area contributed by atoms with Crippen molar-refractivity contribution in [3.8, 4) is 0 Å². The minimum atomic E-state index is 0.264. The molecule has 54 valence electrons. The molecule has 9 heavy (non-hydrogen) atoms. The zero-order valence-corrected chi connectivity index (χ0v) is 6.77. The maximum atomic E-state index is 5.32. The number of hydrogen-bond donors (Lipinski definition) is 0. The van der Waals surface area contributed by atoms with Crippen LogP contribution >= 0.6 is 0 Å². The lowest BCUT2D eigenvalue weighted by molar-refractivity contribution is 0.127. The summed E-state index contributed by atoms with van der Waals surface area (Å²) >= 11 is 0. The molecule has 0 heterocycles. The minimum absolute atomic E-state index is 0.264. The van der Waals surface area contributed by atoms with E-state index in [9.17, 15) is 0 Å². The van der Waals surface area contributed by atoms with Gasteiger partial charge in [0.25, 0.3) is 0 Å². The van der Waals surface area contributed by atoms with Crippen LogP contribution in [0.4, 0.5) is 0 Å². The number of hydrogen-bond acceptors (Lipinski definition) is 1. The third-order valence-corrected chi connectivity index (χ3v) is 1.03. The number of allylic oxidation sites excluding steroid dienone is 1. The summed E-state index contributed by atoms with van der Waals surface area (Å²) in [5.41, 5.74) is 0. The van der Waals surface area contributed by atoms with Crippen molar-refractivity contribution >= 4 is 0 Å². The summed E-state index contributed by atoms with van der Waals surface area (Å²) in [6, 6.07) is 0. The van der Waals surface area contributed by atoms with E-state index in [1.54, 1.807) is 0 Å². The van der Waals surface area contributed by atoms with E-state index in [1.165, 1.54) is 0 Å². The third kappa shape index (κ3) is 4.07. The second kappa shape index (κ2) is 3.54. The summed E-state index contributed by atoms with van der Waals surface area (Å²) < 4.78 is 5.32. The molecule has 0 aromatic rings. The molecule has 0 aliphatic heterocycles. The molecule has 0 aromatic heterocycles. The van der Waals surface area contributed by atoms with Crippen molar-refractivity contribution < 1.29 is 4.74 Å². The highest BCUT2D eigenvalue weighted by molar-refractivity contribution is 4.86. The maximum absolute atomic E-state index is 5.32. The van der Waals surface area contributed by atoms with Crippen molar-refractivity contribution in [2.75, 3.05) is 0 Å². The third-order valence-electron chi connectivity index (χ3n) is 1.03. The molecule has 0 radical (unpaired) electrons. The van der Waals surface area contributed by atoms with Gasteiger partial charge >= 0.3 is 0 Å². The fraction of sp³-hybridized carbons (Fsp3) is 0.750. The summed E-state index contributed by atoms with van der Waals surface area (Å²) in [5, 5.41) is 0. The van der Waals surface area contributed by atoms with Crippen LogP contribution in [-0.4, -0.2) is 6.10 Å². The van der Waals surface area contributed by atoms with Crippen molar-refractivity contribution in [1.82, 2.24) is 0 Å². The molecule has 0 fully saturated rings. The van der Waals surface area contributed by atoms with Crippen LogP contribution in [0.25, 0.3) is 0 Å². The molecular formula is C8H16O. The molecule has 0 N–H and O–H groups in total. The van der Waals surface area contributed by atoms with Gasteiger partial charge in [0, 0.05) is 5.92 Å². The van der Waals surface area contributed by atoms with Crippen molar-refractivity contribution in [3.05, 3.63) is 12.3 Å². The van der Waals surface area contributed by atoms with Gasteiger partial charge in [-0.15, -0.1) is 0 Å². The van der Waals surface area contributed by atoms with Crippen molar-refractivity contribution in [2.45, 2.75) is 33.8 Å². The Morgan fingerprint density at radius 2 is 1.67 bits per heavy atom. The molecule has 0 aliphatic carbocycles.